The van der Waals surface area contributed by atoms with Crippen LogP contribution in [0.5, 0.6) is 5.75 Å². The number of hydrogen-bond donors (Lipinski definition) is 2. The molecule has 1 aliphatic heterocycles. The lowest BCUT2D eigenvalue weighted by molar-refractivity contribution is -0.120. The van der Waals surface area contributed by atoms with Crippen molar-refractivity contribution in [2.75, 3.05) is 6.54 Å². The summed E-state index contributed by atoms with van der Waals surface area (Å²) in [7, 11) is 0. The Hall–Kier alpha value is -0.840. The third kappa shape index (κ3) is 4.06. The van der Waals surface area contributed by atoms with E-state index in [-0.39, 0.29) is 16.9 Å². The monoisotopic (exact) mass is 317 g/mol. The summed E-state index contributed by atoms with van der Waals surface area (Å²) in [4.78, 5) is 11.9. The van der Waals surface area contributed by atoms with Gasteiger partial charge in [0.2, 0.25) is 5.91 Å². The van der Waals surface area contributed by atoms with Crippen LogP contribution in [0.2, 0.25) is 0 Å². The highest BCUT2D eigenvalue weighted by Crippen LogP contribution is 2.41. The lowest BCUT2D eigenvalue weighted by atomic mass is 10.1. The Morgan fingerprint density at radius 1 is 1.37 bits per heavy atom. The summed E-state index contributed by atoms with van der Waals surface area (Å²) >= 11 is 13.0. The number of allylic oxidation sites excluding steroid dienone is 1. The van der Waals surface area contributed by atoms with Crippen LogP contribution in [0, 0.1) is 0 Å². The molecule has 2 N–H and O–H groups in total. The molecule has 1 amide bonds. The van der Waals surface area contributed by atoms with Crippen molar-refractivity contribution in [2.45, 2.75) is 18.1 Å². The molecule has 1 aromatic rings. The van der Waals surface area contributed by atoms with Crippen LogP contribution in [-0.4, -0.2) is 22.8 Å². The van der Waals surface area contributed by atoms with Crippen molar-refractivity contribution in [1.82, 2.24) is 5.32 Å². The minimum absolute atomic E-state index is 0.0439. The van der Waals surface area contributed by atoms with Crippen LogP contribution in [0.25, 0.3) is 0 Å². The predicted molar refractivity (Wildman–Crippen MR) is 79.5 cm³/mol. The molecule has 0 radical (unpaired) electrons. The largest absolute Gasteiger partial charge is 0.508 e. The number of thioether (sulfide) groups is 1. The highest BCUT2D eigenvalue weighted by molar-refractivity contribution is 8.06. The molecule has 3 nitrogen and oxygen atoms in total. The van der Waals surface area contributed by atoms with Crippen molar-refractivity contribution >= 4 is 40.9 Å². The van der Waals surface area contributed by atoms with Crippen LogP contribution in [0.1, 0.15) is 12.0 Å². The minimum atomic E-state index is -0.222. The van der Waals surface area contributed by atoms with Crippen LogP contribution >= 0.6 is 35.0 Å². The van der Waals surface area contributed by atoms with Gasteiger partial charge in [0.25, 0.3) is 0 Å². The number of halogens is 2. The second-order valence-electron chi connectivity index (χ2n) is 4.20. The number of hydrogen-bond acceptors (Lipinski definition) is 3. The van der Waals surface area contributed by atoms with Crippen molar-refractivity contribution in [3.05, 3.63) is 39.2 Å². The zero-order chi connectivity index (χ0) is 13.8. The normalized spacial score (nSPS) is 18.7. The molecule has 0 aromatic heterocycles. The van der Waals surface area contributed by atoms with E-state index in [1.165, 1.54) is 11.8 Å². The van der Waals surface area contributed by atoms with Crippen LogP contribution in [-0.2, 0) is 11.2 Å². The number of rotatable bonds is 4. The molecule has 1 unspecified atom stereocenters. The molecule has 1 heterocycles. The molecule has 0 aliphatic carbocycles. The molecule has 0 saturated heterocycles. The molecule has 1 atom stereocenters. The first-order chi connectivity index (χ1) is 9.06. The molecular weight excluding hydrogens is 305 g/mol. The molecule has 6 heteroatoms. The molecule has 0 spiro atoms. The van der Waals surface area contributed by atoms with Crippen LogP contribution in [0.15, 0.2) is 33.7 Å². The molecular formula is C13H13Cl2NO2S. The van der Waals surface area contributed by atoms with Gasteiger partial charge >= 0.3 is 0 Å². The van der Waals surface area contributed by atoms with E-state index >= 15 is 0 Å². The lowest BCUT2D eigenvalue weighted by Crippen LogP contribution is -2.33. The Morgan fingerprint density at radius 2 is 2.05 bits per heavy atom. The third-order valence-corrected chi connectivity index (χ3v) is 4.93. The Labute approximate surface area is 126 Å². The van der Waals surface area contributed by atoms with E-state index in [2.05, 4.69) is 5.32 Å². The number of benzene rings is 1. The van der Waals surface area contributed by atoms with Crippen molar-refractivity contribution < 1.29 is 9.90 Å². The maximum absolute atomic E-state index is 11.9. The van der Waals surface area contributed by atoms with Gasteiger partial charge in [-0.15, -0.1) is 0 Å². The Balaban J connectivity index is 1.74. The first kappa shape index (κ1) is 14.6. The highest BCUT2D eigenvalue weighted by atomic mass is 35.5. The van der Waals surface area contributed by atoms with E-state index < -0.39 is 0 Å². The van der Waals surface area contributed by atoms with E-state index in [1.807, 2.05) is 12.1 Å². The van der Waals surface area contributed by atoms with Gasteiger partial charge in [-0.2, -0.15) is 0 Å². The van der Waals surface area contributed by atoms with Crippen molar-refractivity contribution in [1.29, 1.82) is 0 Å². The summed E-state index contributed by atoms with van der Waals surface area (Å²) in [6, 6.07) is 6.93. The molecule has 102 valence electrons. The minimum Gasteiger partial charge on any atom is -0.508 e. The summed E-state index contributed by atoms with van der Waals surface area (Å²) in [5.74, 6) is 0.197. The zero-order valence-electron chi connectivity index (χ0n) is 10.0. The van der Waals surface area contributed by atoms with E-state index in [0.29, 0.717) is 22.4 Å². The van der Waals surface area contributed by atoms with E-state index in [0.717, 1.165) is 12.0 Å². The van der Waals surface area contributed by atoms with Gasteiger partial charge in [0.05, 0.1) is 9.61 Å². The van der Waals surface area contributed by atoms with Gasteiger partial charge in [-0.25, -0.2) is 0 Å². The summed E-state index contributed by atoms with van der Waals surface area (Å²) in [6.45, 7) is 0.551. The van der Waals surface area contributed by atoms with Crippen molar-refractivity contribution in [3.63, 3.8) is 0 Å². The van der Waals surface area contributed by atoms with E-state index in [4.69, 9.17) is 28.3 Å². The topological polar surface area (TPSA) is 49.3 Å². The van der Waals surface area contributed by atoms with E-state index in [9.17, 15) is 4.79 Å². The number of carbonyl (C=O) groups is 1. The second kappa shape index (κ2) is 6.55. The first-order valence-corrected chi connectivity index (χ1v) is 7.46. The Bertz CT molecular complexity index is 488. The van der Waals surface area contributed by atoms with E-state index in [1.54, 1.807) is 12.1 Å². The fourth-order valence-corrected chi connectivity index (χ4v) is 3.41. The molecule has 0 bridgehead atoms. The van der Waals surface area contributed by atoms with Crippen LogP contribution in [0.4, 0.5) is 0 Å². The maximum atomic E-state index is 11.9. The fourth-order valence-electron chi connectivity index (χ4n) is 1.73. The molecule has 2 rings (SSSR count). The predicted octanol–water partition coefficient (Wildman–Crippen LogP) is 3.20. The van der Waals surface area contributed by atoms with Crippen molar-refractivity contribution in [2.24, 2.45) is 0 Å². The molecule has 0 fully saturated rings. The van der Waals surface area contributed by atoms with Crippen molar-refractivity contribution in [3.8, 4) is 5.75 Å². The second-order valence-corrected chi connectivity index (χ2v) is 6.47. The number of nitrogens with one attached hydrogen (secondary N) is 1. The standard InChI is InChI=1S/C13H13Cl2NO2S/c14-10-7-11(19-12(10)15)13(18)16-6-5-8-1-3-9(17)4-2-8/h1-4,11,17H,5-7H2,(H,16,18). The van der Waals surface area contributed by atoms with Gasteiger partial charge < -0.3 is 10.4 Å². The summed E-state index contributed by atoms with van der Waals surface area (Å²) in [5.41, 5.74) is 1.06. The number of aromatic hydroxyl groups is 1. The molecule has 1 aliphatic rings. The third-order valence-electron chi connectivity index (χ3n) is 2.77. The zero-order valence-corrected chi connectivity index (χ0v) is 12.4. The average Bonchev–Trinajstić information content (AvgIpc) is 2.72. The van der Waals surface area contributed by atoms with Gasteiger partial charge in [-0.1, -0.05) is 47.1 Å². The number of phenols is 1. The highest BCUT2D eigenvalue weighted by Gasteiger charge is 2.28. The molecule has 1 aromatic carbocycles. The van der Waals surface area contributed by atoms with Gasteiger partial charge in [0.1, 0.15) is 5.75 Å². The number of carbonyl (C=O) groups excluding carboxylic acids is 1. The summed E-state index contributed by atoms with van der Waals surface area (Å²) in [6.07, 6.45) is 1.22. The van der Waals surface area contributed by atoms with Gasteiger partial charge in [0.15, 0.2) is 0 Å². The Kier molecular flexibility index (Phi) is 5.02. The fraction of sp³-hybridized carbons (Fsp3) is 0.308. The van der Waals surface area contributed by atoms with Gasteiger partial charge in [-0.3, -0.25) is 4.79 Å². The maximum Gasteiger partial charge on any atom is 0.233 e. The summed E-state index contributed by atoms with van der Waals surface area (Å²) < 4.78 is 0.514. The first-order valence-electron chi connectivity index (χ1n) is 5.82. The van der Waals surface area contributed by atoms with Gasteiger partial charge in [0, 0.05) is 18.0 Å². The molecule has 0 saturated carbocycles. The average molecular weight is 318 g/mol. The van der Waals surface area contributed by atoms with Crippen LogP contribution < -0.4 is 5.32 Å². The van der Waals surface area contributed by atoms with Gasteiger partial charge in [-0.05, 0) is 24.1 Å². The number of phenolic OH excluding ortho intramolecular Hbond substituents is 1. The SMILES string of the molecule is O=C(NCCc1ccc(O)cc1)C1CC(Cl)=C(Cl)S1. The Morgan fingerprint density at radius 3 is 2.63 bits per heavy atom. The summed E-state index contributed by atoms with van der Waals surface area (Å²) in [5, 5.41) is 12.4. The lowest BCUT2D eigenvalue weighted by Gasteiger charge is -2.10. The number of amides is 1. The quantitative estimate of drug-likeness (QED) is 0.896. The smallest absolute Gasteiger partial charge is 0.233 e. The molecule has 19 heavy (non-hydrogen) atoms. The van der Waals surface area contributed by atoms with Crippen LogP contribution in [0.3, 0.4) is 0 Å².